The summed E-state index contributed by atoms with van der Waals surface area (Å²) in [5.41, 5.74) is 0.421. The fraction of sp³-hybridized carbons (Fsp3) is 0.417. The van der Waals surface area contributed by atoms with Crippen LogP contribution in [-0.2, 0) is 4.79 Å². The van der Waals surface area contributed by atoms with E-state index in [1.54, 1.807) is 19.1 Å². The maximum atomic E-state index is 10.9. The van der Waals surface area contributed by atoms with Gasteiger partial charge in [0.15, 0.2) is 5.75 Å². The number of likely N-dealkylation sites (N-methyl/N-ethyl adjacent to an activating group) is 1. The second-order valence-electron chi connectivity index (χ2n) is 4.00. The van der Waals surface area contributed by atoms with Crippen LogP contribution in [0.5, 0.6) is 5.75 Å². The molecule has 0 aliphatic rings. The summed E-state index contributed by atoms with van der Waals surface area (Å²) < 4.78 is 5.32. The van der Waals surface area contributed by atoms with E-state index in [0.717, 1.165) is 0 Å². The van der Waals surface area contributed by atoms with Crippen LogP contribution in [0, 0.1) is 17.0 Å². The van der Waals surface area contributed by atoms with Gasteiger partial charge in [0.2, 0.25) is 0 Å². The minimum absolute atomic E-state index is 0.0844. The molecule has 0 bridgehead atoms. The standard InChI is InChI=1S/C12H16N2O5/c1-8-4-3-5-10(11(8)14(17)18)19-7-6-9(13-2)12(15)16/h3-5,9,13H,6-7H2,1-2H3,(H,15,16). The summed E-state index contributed by atoms with van der Waals surface area (Å²) in [6, 6.07) is 4.05. The van der Waals surface area contributed by atoms with Crippen molar-refractivity contribution in [2.75, 3.05) is 13.7 Å². The third kappa shape index (κ3) is 3.92. The minimum atomic E-state index is -0.982. The Labute approximate surface area is 110 Å². The maximum absolute atomic E-state index is 10.9. The molecule has 7 heteroatoms. The fourth-order valence-electron chi connectivity index (χ4n) is 1.66. The van der Waals surface area contributed by atoms with Gasteiger partial charge in [0, 0.05) is 12.0 Å². The van der Waals surface area contributed by atoms with Crippen LogP contribution in [0.4, 0.5) is 5.69 Å². The highest BCUT2D eigenvalue weighted by atomic mass is 16.6. The van der Waals surface area contributed by atoms with Gasteiger partial charge in [-0.15, -0.1) is 0 Å². The predicted octanol–water partition coefficient (Wildman–Crippen LogP) is 1.34. The van der Waals surface area contributed by atoms with Gasteiger partial charge in [0.25, 0.3) is 0 Å². The molecule has 104 valence electrons. The molecule has 0 saturated heterocycles. The predicted molar refractivity (Wildman–Crippen MR) is 68.4 cm³/mol. The Morgan fingerprint density at radius 1 is 1.58 bits per heavy atom. The highest BCUT2D eigenvalue weighted by molar-refractivity contribution is 5.73. The van der Waals surface area contributed by atoms with Crippen molar-refractivity contribution in [3.63, 3.8) is 0 Å². The molecule has 0 spiro atoms. The Morgan fingerprint density at radius 3 is 2.79 bits per heavy atom. The van der Waals surface area contributed by atoms with Crippen molar-refractivity contribution in [2.24, 2.45) is 0 Å². The zero-order valence-electron chi connectivity index (χ0n) is 10.8. The second kappa shape index (κ2) is 6.69. The summed E-state index contributed by atoms with van der Waals surface area (Å²) in [6.07, 6.45) is 0.219. The van der Waals surface area contributed by atoms with Gasteiger partial charge in [-0.3, -0.25) is 14.9 Å². The van der Waals surface area contributed by atoms with Gasteiger partial charge in [-0.1, -0.05) is 12.1 Å². The molecule has 0 amide bonds. The molecule has 7 nitrogen and oxygen atoms in total. The molecule has 1 rings (SSSR count). The van der Waals surface area contributed by atoms with E-state index >= 15 is 0 Å². The molecule has 0 fully saturated rings. The van der Waals surface area contributed by atoms with E-state index in [1.807, 2.05) is 0 Å². The molecule has 0 saturated carbocycles. The number of hydrogen-bond acceptors (Lipinski definition) is 5. The summed E-state index contributed by atoms with van der Waals surface area (Å²) in [5.74, 6) is -0.824. The van der Waals surface area contributed by atoms with E-state index in [1.165, 1.54) is 13.1 Å². The molecule has 0 aliphatic heterocycles. The van der Waals surface area contributed by atoms with Gasteiger partial charge in [0.05, 0.1) is 11.5 Å². The van der Waals surface area contributed by atoms with Crippen molar-refractivity contribution >= 4 is 11.7 Å². The van der Waals surface area contributed by atoms with E-state index in [4.69, 9.17) is 9.84 Å². The van der Waals surface area contributed by atoms with E-state index < -0.39 is 16.9 Å². The van der Waals surface area contributed by atoms with Crippen LogP contribution in [0.25, 0.3) is 0 Å². The van der Waals surface area contributed by atoms with Crippen LogP contribution in [0.15, 0.2) is 18.2 Å². The minimum Gasteiger partial charge on any atom is -0.487 e. The van der Waals surface area contributed by atoms with Crippen molar-refractivity contribution in [1.29, 1.82) is 0 Å². The number of aliphatic carboxylic acids is 1. The lowest BCUT2D eigenvalue weighted by atomic mass is 10.2. The molecule has 19 heavy (non-hydrogen) atoms. The molecule has 1 unspecified atom stereocenters. The van der Waals surface area contributed by atoms with Crippen LogP contribution < -0.4 is 10.1 Å². The van der Waals surface area contributed by atoms with Crippen molar-refractivity contribution in [3.05, 3.63) is 33.9 Å². The Hall–Kier alpha value is -2.15. The summed E-state index contributed by atoms with van der Waals surface area (Å²) >= 11 is 0. The number of para-hydroxylation sites is 1. The number of carboxylic acid groups (broad SMARTS) is 1. The van der Waals surface area contributed by atoms with Crippen molar-refractivity contribution in [1.82, 2.24) is 5.32 Å². The zero-order valence-corrected chi connectivity index (χ0v) is 10.8. The van der Waals surface area contributed by atoms with Crippen molar-refractivity contribution < 1.29 is 19.6 Å². The topological polar surface area (TPSA) is 102 Å². The third-order valence-electron chi connectivity index (χ3n) is 2.69. The monoisotopic (exact) mass is 268 g/mol. The molecule has 2 N–H and O–H groups in total. The number of rotatable bonds is 7. The number of benzene rings is 1. The van der Waals surface area contributed by atoms with Crippen LogP contribution in [0.3, 0.4) is 0 Å². The Morgan fingerprint density at radius 2 is 2.26 bits per heavy atom. The lowest BCUT2D eigenvalue weighted by Crippen LogP contribution is -2.35. The third-order valence-corrected chi connectivity index (χ3v) is 2.69. The van der Waals surface area contributed by atoms with E-state index in [9.17, 15) is 14.9 Å². The lowest BCUT2D eigenvalue weighted by Gasteiger charge is -2.12. The number of nitrogens with zero attached hydrogens (tertiary/aromatic N) is 1. The van der Waals surface area contributed by atoms with Gasteiger partial charge >= 0.3 is 11.7 Å². The molecule has 1 atom stereocenters. The van der Waals surface area contributed by atoms with Gasteiger partial charge < -0.3 is 15.2 Å². The molecule has 0 aromatic heterocycles. The Balaban J connectivity index is 2.71. The highest BCUT2D eigenvalue weighted by Gasteiger charge is 2.19. The first kappa shape index (κ1) is 14.9. The van der Waals surface area contributed by atoms with E-state index in [2.05, 4.69) is 5.32 Å². The first-order valence-corrected chi connectivity index (χ1v) is 5.74. The van der Waals surface area contributed by atoms with Gasteiger partial charge in [0.1, 0.15) is 6.04 Å². The Bertz CT molecular complexity index is 475. The average molecular weight is 268 g/mol. The van der Waals surface area contributed by atoms with Crippen LogP contribution >= 0.6 is 0 Å². The normalized spacial score (nSPS) is 11.9. The first-order valence-electron chi connectivity index (χ1n) is 5.74. The van der Waals surface area contributed by atoms with Crippen molar-refractivity contribution in [3.8, 4) is 5.75 Å². The van der Waals surface area contributed by atoms with Crippen LogP contribution in [0.1, 0.15) is 12.0 Å². The highest BCUT2D eigenvalue weighted by Crippen LogP contribution is 2.30. The summed E-state index contributed by atoms with van der Waals surface area (Å²) in [4.78, 5) is 21.2. The molecule has 0 heterocycles. The number of hydrogen-bond donors (Lipinski definition) is 2. The van der Waals surface area contributed by atoms with Crippen LogP contribution in [-0.4, -0.2) is 35.7 Å². The number of carboxylic acids is 1. The quantitative estimate of drug-likeness (QED) is 0.571. The zero-order chi connectivity index (χ0) is 14.4. The number of aryl methyl sites for hydroxylation is 1. The van der Waals surface area contributed by atoms with E-state index in [-0.39, 0.29) is 24.5 Å². The van der Waals surface area contributed by atoms with Crippen LogP contribution in [0.2, 0.25) is 0 Å². The number of carbonyl (C=O) groups is 1. The molecular weight excluding hydrogens is 252 g/mol. The first-order chi connectivity index (χ1) is 8.97. The Kier molecular flexibility index (Phi) is 5.25. The van der Waals surface area contributed by atoms with E-state index in [0.29, 0.717) is 5.56 Å². The molecule has 0 radical (unpaired) electrons. The molecule has 1 aromatic carbocycles. The van der Waals surface area contributed by atoms with Gasteiger partial charge in [-0.2, -0.15) is 0 Å². The SMILES string of the molecule is CNC(CCOc1cccc(C)c1[N+](=O)[O-])C(=O)O. The molecule has 0 aliphatic carbocycles. The summed E-state index contributed by atoms with van der Waals surface area (Å²) in [5, 5.41) is 22.4. The van der Waals surface area contributed by atoms with Gasteiger partial charge in [-0.05, 0) is 20.0 Å². The smallest absolute Gasteiger partial charge is 0.320 e. The summed E-state index contributed by atoms with van der Waals surface area (Å²) in [6.45, 7) is 1.71. The molecule has 1 aromatic rings. The maximum Gasteiger partial charge on any atom is 0.320 e. The number of ether oxygens (including phenoxy) is 1. The average Bonchev–Trinajstić information content (AvgIpc) is 2.33. The number of nitro groups is 1. The summed E-state index contributed by atoms with van der Waals surface area (Å²) in [7, 11) is 1.54. The molecular formula is C12H16N2O5. The second-order valence-corrected chi connectivity index (χ2v) is 4.00. The fourth-order valence-corrected chi connectivity index (χ4v) is 1.66. The number of nitro benzene ring substituents is 1. The van der Waals surface area contributed by atoms with Crippen molar-refractivity contribution in [2.45, 2.75) is 19.4 Å². The van der Waals surface area contributed by atoms with Gasteiger partial charge in [-0.25, -0.2) is 0 Å². The number of nitrogens with one attached hydrogen (secondary N) is 1. The lowest BCUT2D eigenvalue weighted by molar-refractivity contribution is -0.386. The largest absolute Gasteiger partial charge is 0.487 e.